The van der Waals surface area contributed by atoms with Crippen molar-refractivity contribution in [3.8, 4) is 0 Å². The first-order chi connectivity index (χ1) is 11.9. The summed E-state index contributed by atoms with van der Waals surface area (Å²) in [6, 6.07) is 4.91. The minimum Gasteiger partial charge on any atom is -0.468 e. The summed E-state index contributed by atoms with van der Waals surface area (Å²) in [5, 5.41) is 12.8. The van der Waals surface area contributed by atoms with Crippen LogP contribution in [0.4, 0.5) is 4.39 Å². The number of amides is 2. The van der Waals surface area contributed by atoms with Gasteiger partial charge in [0.25, 0.3) is 0 Å². The third-order valence-electron chi connectivity index (χ3n) is 5.10. The third kappa shape index (κ3) is 2.28. The first-order valence-electron chi connectivity index (χ1n) is 7.99. The lowest BCUT2D eigenvalue weighted by atomic mass is 9.79. The van der Waals surface area contributed by atoms with Crippen LogP contribution < -0.4 is 5.32 Å². The molecular formula is C17H19FN2O5. The van der Waals surface area contributed by atoms with Gasteiger partial charge in [0.1, 0.15) is 5.82 Å². The zero-order chi connectivity index (χ0) is 18.4. The Bertz CT molecular complexity index is 740. The van der Waals surface area contributed by atoms with Crippen LogP contribution in [-0.4, -0.2) is 53.6 Å². The van der Waals surface area contributed by atoms with Gasteiger partial charge in [-0.2, -0.15) is 0 Å². The largest absolute Gasteiger partial charge is 0.468 e. The van der Waals surface area contributed by atoms with E-state index in [0.717, 1.165) is 12.0 Å². The Kier molecular flexibility index (Phi) is 4.34. The first-order valence-corrected chi connectivity index (χ1v) is 7.99. The van der Waals surface area contributed by atoms with E-state index < -0.39 is 53.6 Å². The third-order valence-corrected chi connectivity index (χ3v) is 5.10. The molecule has 1 aromatic rings. The van der Waals surface area contributed by atoms with Crippen LogP contribution in [0.15, 0.2) is 24.3 Å². The Morgan fingerprint density at radius 3 is 2.60 bits per heavy atom. The number of hydrogen-bond acceptors (Lipinski definition) is 6. The smallest absolute Gasteiger partial charge is 0.329 e. The van der Waals surface area contributed by atoms with Gasteiger partial charge >= 0.3 is 5.97 Å². The summed E-state index contributed by atoms with van der Waals surface area (Å²) in [6.07, 6.45) is 0. The first kappa shape index (κ1) is 17.5. The Hall–Kier alpha value is -2.32. The van der Waals surface area contributed by atoms with E-state index in [1.807, 2.05) is 0 Å². The summed E-state index contributed by atoms with van der Waals surface area (Å²) in [4.78, 5) is 38.9. The highest BCUT2D eigenvalue weighted by atomic mass is 19.1. The van der Waals surface area contributed by atoms with Crippen molar-refractivity contribution in [3.63, 3.8) is 0 Å². The SMILES string of the molecule is CCN1C(=O)[C@@H]2[C@H](c3ccccc3F)N[C@](CO)(C(=O)OC)[C@H]2C1=O. The minimum atomic E-state index is -1.79. The summed E-state index contributed by atoms with van der Waals surface area (Å²) >= 11 is 0. The molecule has 134 valence electrons. The number of hydrogen-bond donors (Lipinski definition) is 2. The summed E-state index contributed by atoms with van der Waals surface area (Å²) in [5.41, 5.74) is -1.63. The molecule has 0 bridgehead atoms. The van der Waals surface area contributed by atoms with Gasteiger partial charge in [-0.05, 0) is 13.0 Å². The molecule has 3 rings (SSSR count). The van der Waals surface area contributed by atoms with Gasteiger partial charge in [0.05, 0.1) is 25.6 Å². The molecular weight excluding hydrogens is 331 g/mol. The maximum Gasteiger partial charge on any atom is 0.329 e. The molecule has 2 fully saturated rings. The van der Waals surface area contributed by atoms with E-state index >= 15 is 0 Å². The van der Waals surface area contributed by atoms with E-state index in [1.165, 1.54) is 18.2 Å². The van der Waals surface area contributed by atoms with Crippen molar-refractivity contribution in [3.05, 3.63) is 35.6 Å². The fourth-order valence-electron chi connectivity index (χ4n) is 3.95. The number of carbonyl (C=O) groups excluding carboxylic acids is 3. The molecule has 1 aromatic carbocycles. The van der Waals surface area contributed by atoms with E-state index in [4.69, 9.17) is 4.74 Å². The number of benzene rings is 1. The van der Waals surface area contributed by atoms with Crippen molar-refractivity contribution in [1.29, 1.82) is 0 Å². The molecule has 2 saturated heterocycles. The van der Waals surface area contributed by atoms with Crippen LogP contribution in [0.5, 0.6) is 0 Å². The molecule has 2 aliphatic rings. The summed E-state index contributed by atoms with van der Waals surface area (Å²) < 4.78 is 19.1. The minimum absolute atomic E-state index is 0.136. The maximum absolute atomic E-state index is 14.3. The number of ether oxygens (including phenoxy) is 1. The highest BCUT2D eigenvalue weighted by molar-refractivity contribution is 6.09. The molecule has 0 spiro atoms. The van der Waals surface area contributed by atoms with Gasteiger partial charge in [-0.1, -0.05) is 18.2 Å². The average Bonchev–Trinajstić information content (AvgIpc) is 3.09. The molecule has 2 heterocycles. The zero-order valence-electron chi connectivity index (χ0n) is 13.9. The number of imide groups is 1. The molecule has 0 aromatic heterocycles. The van der Waals surface area contributed by atoms with Crippen LogP contribution in [0.25, 0.3) is 0 Å². The number of methoxy groups -OCH3 is 1. The Balaban J connectivity index is 2.17. The number of halogens is 1. The predicted octanol–water partition coefficient (Wildman–Crippen LogP) is -0.00480. The molecule has 2 aliphatic heterocycles. The van der Waals surface area contributed by atoms with Gasteiger partial charge in [-0.3, -0.25) is 19.8 Å². The van der Waals surface area contributed by atoms with Crippen molar-refractivity contribution in [2.45, 2.75) is 18.5 Å². The van der Waals surface area contributed by atoms with E-state index in [-0.39, 0.29) is 12.1 Å². The molecule has 0 unspecified atom stereocenters. The molecule has 2 amide bonds. The fourth-order valence-corrected chi connectivity index (χ4v) is 3.95. The number of likely N-dealkylation sites (tertiary alicyclic amines) is 1. The molecule has 0 aliphatic carbocycles. The highest BCUT2D eigenvalue weighted by Gasteiger charge is 2.68. The van der Waals surface area contributed by atoms with Crippen LogP contribution in [-0.2, 0) is 19.1 Å². The number of aliphatic hydroxyl groups is 1. The second kappa shape index (κ2) is 6.20. The molecule has 4 atom stereocenters. The van der Waals surface area contributed by atoms with Gasteiger partial charge in [-0.15, -0.1) is 0 Å². The highest BCUT2D eigenvalue weighted by Crippen LogP contribution is 2.49. The van der Waals surface area contributed by atoms with Gasteiger partial charge in [0.2, 0.25) is 11.8 Å². The maximum atomic E-state index is 14.3. The topological polar surface area (TPSA) is 95.9 Å². The van der Waals surface area contributed by atoms with Crippen molar-refractivity contribution < 1.29 is 28.6 Å². The van der Waals surface area contributed by atoms with Crippen molar-refractivity contribution in [2.24, 2.45) is 11.8 Å². The number of carbonyl (C=O) groups is 3. The van der Waals surface area contributed by atoms with Gasteiger partial charge in [0.15, 0.2) is 5.54 Å². The van der Waals surface area contributed by atoms with Gasteiger partial charge in [-0.25, -0.2) is 9.18 Å². The van der Waals surface area contributed by atoms with Crippen LogP contribution in [0.3, 0.4) is 0 Å². The number of fused-ring (bicyclic) bond motifs is 1. The molecule has 8 heteroatoms. The average molecular weight is 350 g/mol. The quantitative estimate of drug-likeness (QED) is 0.586. The van der Waals surface area contributed by atoms with Crippen LogP contribution in [0.1, 0.15) is 18.5 Å². The predicted molar refractivity (Wildman–Crippen MR) is 83.5 cm³/mol. The lowest BCUT2D eigenvalue weighted by Crippen LogP contribution is -2.58. The second-order valence-corrected chi connectivity index (χ2v) is 6.19. The van der Waals surface area contributed by atoms with Crippen molar-refractivity contribution in [2.75, 3.05) is 20.3 Å². The number of rotatable bonds is 4. The monoisotopic (exact) mass is 350 g/mol. The zero-order valence-corrected chi connectivity index (χ0v) is 13.9. The Morgan fingerprint density at radius 1 is 1.36 bits per heavy atom. The van der Waals surface area contributed by atoms with Crippen LogP contribution in [0, 0.1) is 17.7 Å². The second-order valence-electron chi connectivity index (χ2n) is 6.19. The van der Waals surface area contributed by atoms with Crippen molar-refractivity contribution >= 4 is 17.8 Å². The number of aliphatic hydroxyl groups excluding tert-OH is 1. The lowest BCUT2D eigenvalue weighted by Gasteiger charge is -2.30. The fraction of sp³-hybridized carbons (Fsp3) is 0.471. The summed E-state index contributed by atoms with van der Waals surface area (Å²) in [5.74, 6) is -4.62. The Morgan fingerprint density at radius 2 is 2.04 bits per heavy atom. The van der Waals surface area contributed by atoms with E-state index in [1.54, 1.807) is 13.0 Å². The number of esters is 1. The molecule has 0 saturated carbocycles. The van der Waals surface area contributed by atoms with Crippen LogP contribution in [0.2, 0.25) is 0 Å². The van der Waals surface area contributed by atoms with Gasteiger partial charge in [0, 0.05) is 18.2 Å². The normalized spacial score (nSPS) is 31.4. The summed E-state index contributed by atoms with van der Waals surface area (Å²) in [6.45, 7) is 1.03. The van der Waals surface area contributed by atoms with Crippen molar-refractivity contribution in [1.82, 2.24) is 10.2 Å². The Labute approximate surface area is 143 Å². The van der Waals surface area contributed by atoms with E-state index in [2.05, 4.69) is 5.32 Å². The van der Waals surface area contributed by atoms with E-state index in [9.17, 15) is 23.9 Å². The number of nitrogens with zero attached hydrogens (tertiary/aromatic N) is 1. The van der Waals surface area contributed by atoms with Crippen LogP contribution >= 0.6 is 0 Å². The summed E-state index contributed by atoms with van der Waals surface area (Å²) in [7, 11) is 1.13. The molecule has 0 radical (unpaired) electrons. The molecule has 7 nitrogen and oxygen atoms in total. The number of nitrogens with one attached hydrogen (secondary N) is 1. The van der Waals surface area contributed by atoms with E-state index in [0.29, 0.717) is 0 Å². The molecule has 25 heavy (non-hydrogen) atoms. The lowest BCUT2D eigenvalue weighted by molar-refractivity contribution is -0.156. The molecule has 2 N–H and O–H groups in total. The standard InChI is InChI=1S/C17H19FN2O5/c1-3-20-14(22)11-12(15(20)23)17(8-21,16(24)25-2)19-13(11)9-6-4-5-7-10(9)18/h4-7,11-13,19,21H,3,8H2,1-2H3/t11-,12+,13-,17-/m0/s1. The van der Waals surface area contributed by atoms with Gasteiger partial charge < -0.3 is 9.84 Å².